The highest BCUT2D eigenvalue weighted by Crippen LogP contribution is 2.64. The molecule has 2 N–H and O–H groups in total. The molecule has 1 saturated carbocycles. The summed E-state index contributed by atoms with van der Waals surface area (Å²) in [6, 6.07) is 5.18. The van der Waals surface area contributed by atoms with Crippen molar-refractivity contribution in [2.75, 3.05) is 6.54 Å². The van der Waals surface area contributed by atoms with Gasteiger partial charge in [0.05, 0.1) is 5.02 Å². The monoisotopic (exact) mass is 227 g/mol. The summed E-state index contributed by atoms with van der Waals surface area (Å²) in [6.07, 6.45) is 0. The van der Waals surface area contributed by atoms with Gasteiger partial charge in [-0.2, -0.15) is 0 Å². The molecule has 1 aromatic carbocycles. The van der Waals surface area contributed by atoms with E-state index >= 15 is 0 Å². The van der Waals surface area contributed by atoms with E-state index in [1.807, 2.05) is 6.07 Å². The lowest BCUT2D eigenvalue weighted by molar-refractivity contribution is 0.551. The van der Waals surface area contributed by atoms with E-state index in [-0.39, 0.29) is 22.2 Å². The van der Waals surface area contributed by atoms with Gasteiger partial charge >= 0.3 is 0 Å². The predicted octanol–water partition coefficient (Wildman–Crippen LogP) is 3.18. The second-order valence-corrected chi connectivity index (χ2v) is 5.19. The fourth-order valence-corrected chi connectivity index (χ4v) is 2.74. The highest BCUT2D eigenvalue weighted by molar-refractivity contribution is 6.30. The molecule has 0 spiro atoms. The number of benzene rings is 1. The summed E-state index contributed by atoms with van der Waals surface area (Å²) >= 11 is 5.76. The summed E-state index contributed by atoms with van der Waals surface area (Å²) in [4.78, 5) is 0. The summed E-state index contributed by atoms with van der Waals surface area (Å²) in [6.45, 7) is 4.84. The maximum absolute atomic E-state index is 13.8. The molecule has 0 aromatic heterocycles. The Morgan fingerprint density at radius 1 is 1.47 bits per heavy atom. The van der Waals surface area contributed by atoms with Gasteiger partial charge in [0.2, 0.25) is 0 Å². The Balaban J connectivity index is 2.37. The van der Waals surface area contributed by atoms with Gasteiger partial charge in [0.15, 0.2) is 0 Å². The van der Waals surface area contributed by atoms with E-state index in [0.29, 0.717) is 18.0 Å². The van der Waals surface area contributed by atoms with Crippen LogP contribution in [0.5, 0.6) is 0 Å². The van der Waals surface area contributed by atoms with Crippen LogP contribution in [0.1, 0.15) is 25.3 Å². The van der Waals surface area contributed by atoms with Gasteiger partial charge in [0.25, 0.3) is 0 Å². The zero-order valence-corrected chi connectivity index (χ0v) is 9.68. The fourth-order valence-electron chi connectivity index (χ4n) is 2.56. The Labute approximate surface area is 94.4 Å². The average Bonchev–Trinajstić information content (AvgIpc) is 2.73. The van der Waals surface area contributed by atoms with Gasteiger partial charge in [-0.1, -0.05) is 37.6 Å². The van der Waals surface area contributed by atoms with Crippen LogP contribution in [0.2, 0.25) is 5.02 Å². The minimum atomic E-state index is -0.284. The van der Waals surface area contributed by atoms with E-state index in [1.54, 1.807) is 12.1 Å². The molecule has 2 rings (SSSR count). The van der Waals surface area contributed by atoms with Crippen molar-refractivity contribution >= 4 is 11.6 Å². The average molecular weight is 228 g/mol. The summed E-state index contributed by atoms with van der Waals surface area (Å²) in [5, 5.41) is 0.200. The van der Waals surface area contributed by atoms with Crippen LogP contribution in [0.25, 0.3) is 0 Å². The van der Waals surface area contributed by atoms with Gasteiger partial charge in [-0.3, -0.25) is 0 Å². The Morgan fingerprint density at radius 2 is 2.13 bits per heavy atom. The van der Waals surface area contributed by atoms with Crippen molar-refractivity contribution in [3.8, 4) is 0 Å². The number of hydrogen-bond donors (Lipinski definition) is 1. The van der Waals surface area contributed by atoms with Crippen molar-refractivity contribution in [2.24, 2.45) is 17.1 Å². The van der Waals surface area contributed by atoms with Crippen molar-refractivity contribution in [3.63, 3.8) is 0 Å². The summed E-state index contributed by atoms with van der Waals surface area (Å²) in [5.41, 5.74) is 6.48. The maximum Gasteiger partial charge on any atom is 0.145 e. The number of nitrogens with two attached hydrogens (primary N) is 1. The minimum Gasteiger partial charge on any atom is -0.330 e. The van der Waals surface area contributed by atoms with Crippen molar-refractivity contribution in [1.82, 2.24) is 0 Å². The Bertz CT molecular complexity index is 389. The molecule has 2 atom stereocenters. The van der Waals surface area contributed by atoms with Gasteiger partial charge in [-0.15, -0.1) is 0 Å². The lowest BCUT2D eigenvalue weighted by atomic mass is 10.0. The van der Waals surface area contributed by atoms with Crippen molar-refractivity contribution in [1.29, 1.82) is 0 Å². The van der Waals surface area contributed by atoms with E-state index in [1.165, 1.54) is 0 Å². The zero-order valence-electron chi connectivity index (χ0n) is 8.93. The molecule has 1 aliphatic rings. The normalized spacial score (nSPS) is 27.8. The summed E-state index contributed by atoms with van der Waals surface area (Å²) < 4.78 is 13.8. The number of halogens is 2. The molecule has 0 unspecified atom stereocenters. The molecule has 0 aliphatic heterocycles. The molecule has 0 amide bonds. The van der Waals surface area contributed by atoms with Crippen LogP contribution in [-0.4, -0.2) is 6.54 Å². The quantitative estimate of drug-likeness (QED) is 0.825. The lowest BCUT2D eigenvalue weighted by Gasteiger charge is -2.05. The first kappa shape index (κ1) is 10.9. The van der Waals surface area contributed by atoms with Gasteiger partial charge in [-0.25, -0.2) is 4.39 Å². The SMILES string of the molecule is CC1(C)[C@H](CN)[C@H]1c1cccc(Cl)c1F. The molecular formula is C12H15ClFN. The highest BCUT2D eigenvalue weighted by Gasteiger charge is 2.58. The smallest absolute Gasteiger partial charge is 0.145 e. The predicted molar refractivity (Wildman–Crippen MR) is 60.5 cm³/mol. The molecule has 1 nitrogen and oxygen atoms in total. The fraction of sp³-hybridized carbons (Fsp3) is 0.500. The minimum absolute atomic E-state index is 0.0975. The third-order valence-corrected chi connectivity index (χ3v) is 3.91. The molecule has 1 fully saturated rings. The van der Waals surface area contributed by atoms with Crippen molar-refractivity contribution in [2.45, 2.75) is 19.8 Å². The Hall–Kier alpha value is -0.600. The largest absolute Gasteiger partial charge is 0.330 e. The molecule has 82 valence electrons. The Kier molecular flexibility index (Phi) is 2.52. The van der Waals surface area contributed by atoms with Crippen molar-refractivity contribution in [3.05, 3.63) is 34.6 Å². The van der Waals surface area contributed by atoms with Crippen LogP contribution < -0.4 is 5.73 Å². The molecule has 0 heterocycles. The first-order valence-corrected chi connectivity index (χ1v) is 5.52. The molecule has 0 bridgehead atoms. The van der Waals surface area contributed by atoms with Crippen LogP contribution in [0.15, 0.2) is 18.2 Å². The first-order valence-electron chi connectivity index (χ1n) is 5.14. The number of rotatable bonds is 2. The van der Waals surface area contributed by atoms with Gasteiger partial charge in [0.1, 0.15) is 5.82 Å². The molecule has 3 heteroatoms. The third kappa shape index (κ3) is 1.56. The van der Waals surface area contributed by atoms with E-state index in [2.05, 4.69) is 13.8 Å². The van der Waals surface area contributed by atoms with Gasteiger partial charge < -0.3 is 5.73 Å². The van der Waals surface area contributed by atoms with Gasteiger partial charge in [0, 0.05) is 0 Å². The van der Waals surface area contributed by atoms with Crippen LogP contribution in [0.3, 0.4) is 0 Å². The van der Waals surface area contributed by atoms with E-state index in [9.17, 15) is 4.39 Å². The first-order chi connectivity index (χ1) is 7.00. The van der Waals surface area contributed by atoms with Gasteiger partial charge in [-0.05, 0) is 35.4 Å². The van der Waals surface area contributed by atoms with E-state index < -0.39 is 0 Å². The second kappa shape index (κ2) is 3.46. The standard InChI is InChI=1S/C12H15ClFN/c1-12(2)8(6-15)10(12)7-4-3-5-9(13)11(7)14/h3-5,8,10H,6,15H2,1-2H3/t8-,10-/m1/s1. The molecule has 0 saturated heterocycles. The van der Waals surface area contributed by atoms with E-state index in [0.717, 1.165) is 0 Å². The van der Waals surface area contributed by atoms with Crippen LogP contribution in [0.4, 0.5) is 4.39 Å². The zero-order chi connectivity index (χ0) is 11.2. The van der Waals surface area contributed by atoms with Crippen molar-refractivity contribution < 1.29 is 4.39 Å². The van der Waals surface area contributed by atoms with Crippen LogP contribution in [0, 0.1) is 17.2 Å². The Morgan fingerprint density at radius 3 is 2.67 bits per heavy atom. The molecule has 0 radical (unpaired) electrons. The number of hydrogen-bond acceptors (Lipinski definition) is 1. The van der Waals surface area contributed by atoms with Crippen LogP contribution >= 0.6 is 11.6 Å². The van der Waals surface area contributed by atoms with E-state index in [4.69, 9.17) is 17.3 Å². The molecule has 15 heavy (non-hydrogen) atoms. The molecular weight excluding hydrogens is 213 g/mol. The maximum atomic E-state index is 13.8. The molecule has 1 aliphatic carbocycles. The topological polar surface area (TPSA) is 26.0 Å². The van der Waals surface area contributed by atoms with Crippen LogP contribution in [-0.2, 0) is 0 Å². The lowest BCUT2D eigenvalue weighted by Crippen LogP contribution is -2.05. The second-order valence-electron chi connectivity index (χ2n) is 4.78. The third-order valence-electron chi connectivity index (χ3n) is 3.62. The summed E-state index contributed by atoms with van der Waals surface area (Å²) in [5.74, 6) is 0.292. The molecule has 1 aromatic rings. The highest BCUT2D eigenvalue weighted by atomic mass is 35.5. The summed E-state index contributed by atoms with van der Waals surface area (Å²) in [7, 11) is 0.